The number of carbonyl (C=O) groups excluding carboxylic acids is 1. The van der Waals surface area contributed by atoms with Gasteiger partial charge in [-0.1, -0.05) is 30.3 Å². The van der Waals surface area contributed by atoms with Crippen LogP contribution in [0.1, 0.15) is 30.2 Å². The van der Waals surface area contributed by atoms with Crippen LogP contribution in [0.4, 0.5) is 0 Å². The summed E-state index contributed by atoms with van der Waals surface area (Å²) in [5.41, 5.74) is 1.13. The Morgan fingerprint density at radius 1 is 1.44 bits per heavy atom. The highest BCUT2D eigenvalue weighted by Gasteiger charge is 2.31. The van der Waals surface area contributed by atoms with Crippen molar-refractivity contribution in [1.82, 2.24) is 25.0 Å². The molecule has 0 unspecified atom stereocenters. The van der Waals surface area contributed by atoms with Gasteiger partial charge < -0.3 is 9.64 Å². The Morgan fingerprint density at radius 3 is 2.88 bits per heavy atom. The molecular weight excluding hydrogens is 318 g/mol. The second-order valence-corrected chi connectivity index (χ2v) is 6.49. The number of H-pyrrole nitrogens is 1. The van der Waals surface area contributed by atoms with Crippen molar-refractivity contribution in [3.8, 4) is 0 Å². The van der Waals surface area contributed by atoms with Gasteiger partial charge in [0.1, 0.15) is 11.9 Å². The SMILES string of the molecule is Cc1nc([C@@H]2CN([C@@H](C)C(=O)N(C)Cc3ccccc3)CCO2)n[nH]1. The average Bonchev–Trinajstić information content (AvgIpc) is 3.08. The highest BCUT2D eigenvalue weighted by atomic mass is 16.5. The van der Waals surface area contributed by atoms with Crippen LogP contribution in [0.3, 0.4) is 0 Å². The van der Waals surface area contributed by atoms with Crippen molar-refractivity contribution in [3.63, 3.8) is 0 Å². The van der Waals surface area contributed by atoms with Crippen LogP contribution in [0.15, 0.2) is 30.3 Å². The van der Waals surface area contributed by atoms with Crippen LogP contribution in [0.2, 0.25) is 0 Å². The van der Waals surface area contributed by atoms with E-state index in [9.17, 15) is 4.79 Å². The zero-order valence-corrected chi connectivity index (χ0v) is 15.0. The minimum absolute atomic E-state index is 0.107. The second kappa shape index (κ2) is 7.76. The molecule has 134 valence electrons. The van der Waals surface area contributed by atoms with E-state index >= 15 is 0 Å². The van der Waals surface area contributed by atoms with Crippen molar-refractivity contribution < 1.29 is 9.53 Å². The fourth-order valence-corrected chi connectivity index (χ4v) is 3.09. The number of benzene rings is 1. The highest BCUT2D eigenvalue weighted by Crippen LogP contribution is 2.21. The predicted octanol–water partition coefficient (Wildman–Crippen LogP) is 1.53. The molecule has 2 heterocycles. The number of ether oxygens (including phenoxy) is 1. The summed E-state index contributed by atoms with van der Waals surface area (Å²) in [6, 6.07) is 9.81. The van der Waals surface area contributed by atoms with Gasteiger partial charge in [0.05, 0.1) is 12.6 Å². The molecule has 0 saturated carbocycles. The predicted molar refractivity (Wildman–Crippen MR) is 93.8 cm³/mol. The van der Waals surface area contributed by atoms with Crippen molar-refractivity contribution in [3.05, 3.63) is 47.5 Å². The molecule has 0 aliphatic carbocycles. The average molecular weight is 343 g/mol. The van der Waals surface area contributed by atoms with Gasteiger partial charge in [0.2, 0.25) is 5.91 Å². The van der Waals surface area contributed by atoms with Gasteiger partial charge in [0.25, 0.3) is 0 Å². The summed E-state index contributed by atoms with van der Waals surface area (Å²) < 4.78 is 5.78. The monoisotopic (exact) mass is 343 g/mol. The Balaban J connectivity index is 1.61. The Hall–Kier alpha value is -2.25. The lowest BCUT2D eigenvalue weighted by atomic mass is 10.1. The largest absolute Gasteiger partial charge is 0.367 e. The van der Waals surface area contributed by atoms with Gasteiger partial charge in [-0.15, -0.1) is 0 Å². The quantitative estimate of drug-likeness (QED) is 0.891. The van der Waals surface area contributed by atoms with Crippen molar-refractivity contribution in [2.75, 3.05) is 26.7 Å². The van der Waals surface area contributed by atoms with Gasteiger partial charge in [0.15, 0.2) is 5.82 Å². The third kappa shape index (κ3) is 4.24. The summed E-state index contributed by atoms with van der Waals surface area (Å²) in [6.45, 7) is 6.34. The van der Waals surface area contributed by atoms with E-state index in [-0.39, 0.29) is 18.1 Å². The zero-order chi connectivity index (χ0) is 17.8. The van der Waals surface area contributed by atoms with Crippen molar-refractivity contribution in [2.24, 2.45) is 0 Å². The lowest BCUT2D eigenvalue weighted by molar-refractivity contribution is -0.139. The normalized spacial score (nSPS) is 19.6. The first-order valence-corrected chi connectivity index (χ1v) is 8.58. The van der Waals surface area contributed by atoms with E-state index in [2.05, 4.69) is 20.1 Å². The minimum Gasteiger partial charge on any atom is -0.367 e. The van der Waals surface area contributed by atoms with Crippen LogP contribution >= 0.6 is 0 Å². The van der Waals surface area contributed by atoms with E-state index in [1.54, 1.807) is 4.90 Å². The smallest absolute Gasteiger partial charge is 0.239 e. The molecule has 1 aliphatic heterocycles. The molecule has 1 amide bonds. The van der Waals surface area contributed by atoms with E-state index in [1.807, 2.05) is 51.2 Å². The molecule has 1 aliphatic rings. The van der Waals surface area contributed by atoms with E-state index in [4.69, 9.17) is 4.74 Å². The zero-order valence-electron chi connectivity index (χ0n) is 15.0. The molecular formula is C18H25N5O2. The van der Waals surface area contributed by atoms with Gasteiger partial charge in [0, 0.05) is 26.7 Å². The molecule has 25 heavy (non-hydrogen) atoms. The molecule has 2 aromatic rings. The van der Waals surface area contributed by atoms with E-state index in [0.717, 1.165) is 17.9 Å². The maximum absolute atomic E-state index is 12.8. The number of aromatic nitrogens is 3. The number of morpholine rings is 1. The third-order valence-corrected chi connectivity index (χ3v) is 4.54. The summed E-state index contributed by atoms with van der Waals surface area (Å²) in [4.78, 5) is 21.1. The number of likely N-dealkylation sites (N-methyl/N-ethyl adjacent to an activating group) is 1. The van der Waals surface area contributed by atoms with Crippen LogP contribution in [-0.2, 0) is 16.1 Å². The van der Waals surface area contributed by atoms with Crippen LogP contribution < -0.4 is 0 Å². The number of nitrogens with one attached hydrogen (secondary N) is 1. The summed E-state index contributed by atoms with van der Waals surface area (Å²) in [6.07, 6.45) is -0.201. The number of hydrogen-bond donors (Lipinski definition) is 1. The first-order valence-electron chi connectivity index (χ1n) is 8.58. The van der Waals surface area contributed by atoms with Gasteiger partial charge in [-0.25, -0.2) is 4.98 Å². The van der Waals surface area contributed by atoms with Crippen LogP contribution in [-0.4, -0.2) is 63.7 Å². The number of rotatable bonds is 5. The topological polar surface area (TPSA) is 74.3 Å². The van der Waals surface area contributed by atoms with Crippen molar-refractivity contribution >= 4 is 5.91 Å². The van der Waals surface area contributed by atoms with Gasteiger partial charge in [-0.05, 0) is 19.4 Å². The molecule has 1 saturated heterocycles. The molecule has 7 heteroatoms. The van der Waals surface area contributed by atoms with Gasteiger partial charge >= 0.3 is 0 Å². The fraction of sp³-hybridized carbons (Fsp3) is 0.500. The number of carbonyl (C=O) groups is 1. The first kappa shape index (κ1) is 17.6. The van der Waals surface area contributed by atoms with Crippen molar-refractivity contribution in [2.45, 2.75) is 32.5 Å². The number of aryl methyl sites for hydroxylation is 1. The lowest BCUT2D eigenvalue weighted by Crippen LogP contribution is -2.50. The molecule has 1 aromatic carbocycles. The lowest BCUT2D eigenvalue weighted by Gasteiger charge is -2.36. The second-order valence-electron chi connectivity index (χ2n) is 6.49. The van der Waals surface area contributed by atoms with Gasteiger partial charge in [-0.3, -0.25) is 14.8 Å². The van der Waals surface area contributed by atoms with E-state index in [0.29, 0.717) is 25.5 Å². The Morgan fingerprint density at radius 2 is 2.20 bits per heavy atom. The maximum Gasteiger partial charge on any atom is 0.239 e. The molecule has 2 atom stereocenters. The van der Waals surface area contributed by atoms with Gasteiger partial charge in [-0.2, -0.15) is 5.10 Å². The summed E-state index contributed by atoms with van der Waals surface area (Å²) >= 11 is 0. The van der Waals surface area contributed by atoms with E-state index < -0.39 is 0 Å². The standard InChI is InChI=1S/C18H25N5O2/c1-13(18(24)22(3)11-15-7-5-4-6-8-15)23-9-10-25-16(12-23)17-19-14(2)20-21-17/h4-8,13,16H,9-12H2,1-3H3,(H,19,20,21)/t13-,16-/m0/s1. The van der Waals surface area contributed by atoms with Crippen LogP contribution in [0.25, 0.3) is 0 Å². The molecule has 0 spiro atoms. The molecule has 3 rings (SSSR count). The summed E-state index contributed by atoms with van der Waals surface area (Å²) in [5, 5.41) is 7.03. The number of nitrogens with zero attached hydrogens (tertiary/aromatic N) is 4. The minimum atomic E-state index is -0.208. The number of amides is 1. The molecule has 0 bridgehead atoms. The Kier molecular flexibility index (Phi) is 5.45. The summed E-state index contributed by atoms with van der Waals surface area (Å²) in [7, 11) is 1.85. The fourth-order valence-electron chi connectivity index (χ4n) is 3.09. The Bertz CT molecular complexity index is 703. The molecule has 0 radical (unpaired) electrons. The highest BCUT2D eigenvalue weighted by molar-refractivity contribution is 5.81. The van der Waals surface area contributed by atoms with Crippen LogP contribution in [0.5, 0.6) is 0 Å². The molecule has 1 N–H and O–H groups in total. The van der Waals surface area contributed by atoms with Crippen LogP contribution in [0, 0.1) is 6.92 Å². The molecule has 7 nitrogen and oxygen atoms in total. The van der Waals surface area contributed by atoms with Crippen molar-refractivity contribution in [1.29, 1.82) is 0 Å². The maximum atomic E-state index is 12.8. The molecule has 1 fully saturated rings. The Labute approximate surface area is 148 Å². The number of aromatic amines is 1. The molecule has 1 aromatic heterocycles. The first-order chi connectivity index (χ1) is 12.0. The number of hydrogen-bond acceptors (Lipinski definition) is 5. The third-order valence-electron chi connectivity index (χ3n) is 4.54. The van der Waals surface area contributed by atoms with E-state index in [1.165, 1.54) is 0 Å². The summed E-state index contributed by atoms with van der Waals surface area (Å²) in [5.74, 6) is 1.53.